The van der Waals surface area contributed by atoms with E-state index in [-0.39, 0.29) is 0 Å². The van der Waals surface area contributed by atoms with E-state index in [9.17, 15) is 0 Å². The number of hydrogen-bond donors (Lipinski definition) is 0. The lowest BCUT2D eigenvalue weighted by Crippen LogP contribution is -2.09. The topological polar surface area (TPSA) is 16.3 Å². The smallest absolute Gasteiger partial charge is 0.0541 e. The third kappa shape index (κ3) is 13.1. The highest BCUT2D eigenvalue weighted by Crippen LogP contribution is 2.46. The van der Waals surface area contributed by atoms with E-state index in [0.717, 1.165) is 45.5 Å². The van der Waals surface area contributed by atoms with Crippen LogP contribution in [0.4, 0.5) is 34.1 Å². The molecule has 2 aromatic heterocycles. The van der Waals surface area contributed by atoms with E-state index >= 15 is 0 Å². The number of fused-ring (bicyclic) bond motifs is 14. The number of anilines is 6. The van der Waals surface area contributed by atoms with Crippen molar-refractivity contribution in [3.05, 3.63) is 485 Å². The van der Waals surface area contributed by atoms with Crippen molar-refractivity contribution in [2.24, 2.45) is 0 Å². The number of nitrogens with zero attached hydrogens (tertiary/aromatic N) is 4. The Balaban J connectivity index is 0.000000143. The molecule has 0 aliphatic rings. The van der Waals surface area contributed by atoms with Gasteiger partial charge in [-0.2, -0.15) is 0 Å². The molecule has 0 amide bonds. The van der Waals surface area contributed by atoms with Crippen molar-refractivity contribution in [2.45, 2.75) is 0 Å². The summed E-state index contributed by atoms with van der Waals surface area (Å²) in [7, 11) is 0. The van der Waals surface area contributed by atoms with Crippen LogP contribution in [0, 0.1) is 0 Å². The second-order valence-electron chi connectivity index (χ2n) is 32.3. The van der Waals surface area contributed by atoms with Crippen LogP contribution in [0.3, 0.4) is 0 Å². The summed E-state index contributed by atoms with van der Waals surface area (Å²) in [5.41, 5.74) is 28.1. The molecule has 2 heterocycles. The summed E-state index contributed by atoms with van der Waals surface area (Å²) in [4.78, 5) is 4.73. The van der Waals surface area contributed by atoms with Gasteiger partial charge in [-0.1, -0.05) is 346 Å². The zero-order chi connectivity index (χ0) is 82.0. The van der Waals surface area contributed by atoms with Crippen LogP contribution < -0.4 is 9.80 Å². The molecule has 0 bridgehead atoms. The fourth-order valence-corrected chi connectivity index (χ4v) is 19.2. The molecule has 0 unspecified atom stereocenters. The van der Waals surface area contributed by atoms with Gasteiger partial charge in [-0.3, -0.25) is 0 Å². The Morgan fingerprint density at radius 3 is 0.782 bits per heavy atom. The summed E-state index contributed by atoms with van der Waals surface area (Å²) in [6.45, 7) is 0. The number of benzene rings is 22. The van der Waals surface area contributed by atoms with Crippen molar-refractivity contribution in [3.63, 3.8) is 0 Å². The van der Waals surface area contributed by atoms with Gasteiger partial charge in [-0.15, -0.1) is 0 Å². The minimum atomic E-state index is 1.09. The molecule has 0 radical (unpaired) electrons. The molecule has 22 aromatic carbocycles. The number of rotatable bonds is 14. The Kier molecular flexibility index (Phi) is 18.2. The summed E-state index contributed by atoms with van der Waals surface area (Å²) in [6.07, 6.45) is 0. The molecule has 0 aliphatic carbocycles. The van der Waals surface area contributed by atoms with E-state index in [4.69, 9.17) is 0 Å². The fraction of sp³-hybridized carbons (Fsp3) is 0. The van der Waals surface area contributed by atoms with E-state index in [1.54, 1.807) is 0 Å². The molecule has 24 rings (SSSR count). The van der Waals surface area contributed by atoms with Crippen molar-refractivity contribution in [3.8, 4) is 78.1 Å². The standard InChI is InChI=1S/2C60H40N2/c1-3-18-51-42(13-1)15-12-24-52(51)43-29-35-48(36-30-43)61(49-37-31-44(32-38-49)58-40-46-14-2-4-19-53(46)54-20-5-6-21-55(54)58)47-33-27-41(28-34-47)45-16-11-17-50(39-45)62-59-25-9-7-22-56(59)57-23-8-10-26-60(57)62;1-2-13-45-38-47(25-24-41(45)12-1)43-28-34-50(35-29-43)61(51-36-30-44(31-37-51)58-40-48-14-3-4-17-53(48)54-18-5-6-19-55(54)58)49-32-26-42(27-33-49)46-15-11-16-52(39-46)62-59-22-9-7-20-56(59)57-21-8-10-23-60(57)62/h2*1-40H. The molecule has 124 heavy (non-hydrogen) atoms. The van der Waals surface area contributed by atoms with Gasteiger partial charge in [0.1, 0.15) is 0 Å². The van der Waals surface area contributed by atoms with Gasteiger partial charge >= 0.3 is 0 Å². The first-order chi connectivity index (χ1) is 61.5. The van der Waals surface area contributed by atoms with Crippen LogP contribution in [0.5, 0.6) is 0 Å². The molecule has 0 atom stereocenters. The minimum absolute atomic E-state index is 1.09. The maximum absolute atomic E-state index is 2.39. The second kappa shape index (κ2) is 31.1. The van der Waals surface area contributed by atoms with Gasteiger partial charge in [0, 0.05) is 67.0 Å². The van der Waals surface area contributed by atoms with Gasteiger partial charge in [0.05, 0.1) is 22.1 Å². The van der Waals surface area contributed by atoms with Crippen molar-refractivity contribution >= 4 is 142 Å². The Hall–Kier alpha value is -16.4. The van der Waals surface area contributed by atoms with Crippen molar-refractivity contribution < 1.29 is 0 Å². The highest BCUT2D eigenvalue weighted by molar-refractivity contribution is 6.16. The second-order valence-corrected chi connectivity index (χ2v) is 32.3. The lowest BCUT2D eigenvalue weighted by atomic mass is 9.93. The molecule has 580 valence electrons. The monoisotopic (exact) mass is 1580 g/mol. The average Bonchev–Trinajstić information content (AvgIpc) is 1.51. The van der Waals surface area contributed by atoms with Crippen LogP contribution in [0.15, 0.2) is 485 Å². The molecule has 24 aromatic rings. The first-order valence-electron chi connectivity index (χ1n) is 42.7. The van der Waals surface area contributed by atoms with Crippen molar-refractivity contribution in [2.75, 3.05) is 9.80 Å². The third-order valence-corrected chi connectivity index (χ3v) is 25.1. The Morgan fingerprint density at radius 1 is 0.129 bits per heavy atom. The van der Waals surface area contributed by atoms with Gasteiger partial charge in [-0.05, 0) is 271 Å². The highest BCUT2D eigenvalue weighted by Gasteiger charge is 2.21. The molecule has 0 saturated heterocycles. The van der Waals surface area contributed by atoms with E-state index in [2.05, 4.69) is 504 Å². The largest absolute Gasteiger partial charge is 0.311 e. The summed E-state index contributed by atoms with van der Waals surface area (Å²) in [5.74, 6) is 0. The van der Waals surface area contributed by atoms with E-state index in [0.29, 0.717) is 0 Å². The lowest BCUT2D eigenvalue weighted by molar-refractivity contribution is 1.18. The zero-order valence-electron chi connectivity index (χ0n) is 68.0. The van der Waals surface area contributed by atoms with Gasteiger partial charge in [0.15, 0.2) is 0 Å². The van der Waals surface area contributed by atoms with Crippen LogP contribution in [-0.4, -0.2) is 9.13 Å². The normalized spacial score (nSPS) is 11.5. The first-order valence-corrected chi connectivity index (χ1v) is 42.7. The van der Waals surface area contributed by atoms with Crippen molar-refractivity contribution in [1.82, 2.24) is 9.13 Å². The molecule has 4 heteroatoms. The first kappa shape index (κ1) is 72.8. The van der Waals surface area contributed by atoms with Crippen LogP contribution in [0.1, 0.15) is 0 Å². The Morgan fingerprint density at radius 2 is 0.395 bits per heavy atom. The molecular weight excluding hydrogens is 1500 g/mol. The molecule has 0 fully saturated rings. The SMILES string of the molecule is c1cc(-c2ccc(N(c3ccc(-c4ccc5ccccc5c4)cc3)c3ccc(-c4cc5ccccc5c5ccccc45)cc3)cc2)cc(-n2c3ccccc3c3ccccc32)c1.c1cc(-c2ccc(N(c3ccc(-c4cccc5ccccc45)cc3)c3ccc(-c4cc5ccccc5c5ccccc45)cc3)cc2)cc(-n2c3ccccc3c3ccccc32)c1. The molecule has 0 aliphatic heterocycles. The lowest BCUT2D eigenvalue weighted by Gasteiger charge is -2.26. The number of para-hydroxylation sites is 4. The van der Waals surface area contributed by atoms with E-state index in [1.165, 1.54) is 175 Å². The molecule has 0 spiro atoms. The van der Waals surface area contributed by atoms with Crippen LogP contribution in [0.25, 0.3) is 186 Å². The van der Waals surface area contributed by atoms with Crippen LogP contribution in [-0.2, 0) is 0 Å². The third-order valence-electron chi connectivity index (χ3n) is 25.1. The van der Waals surface area contributed by atoms with Crippen LogP contribution >= 0.6 is 0 Å². The van der Waals surface area contributed by atoms with Gasteiger partial charge < -0.3 is 18.9 Å². The molecule has 0 N–H and O–H groups in total. The Labute approximate surface area is 719 Å². The molecule has 4 nitrogen and oxygen atoms in total. The van der Waals surface area contributed by atoms with Crippen LogP contribution in [0.2, 0.25) is 0 Å². The van der Waals surface area contributed by atoms with E-state index in [1.807, 2.05) is 0 Å². The predicted molar refractivity (Wildman–Crippen MR) is 529 cm³/mol. The summed E-state index contributed by atoms with van der Waals surface area (Å²) in [5, 5.41) is 20.2. The zero-order valence-corrected chi connectivity index (χ0v) is 68.0. The Bertz CT molecular complexity index is 8080. The molecular formula is C120H80N4. The quantitative estimate of drug-likeness (QED) is 0.101. The summed E-state index contributed by atoms with van der Waals surface area (Å²) in [6, 6.07) is 177. The average molecular weight is 1580 g/mol. The van der Waals surface area contributed by atoms with E-state index < -0.39 is 0 Å². The maximum atomic E-state index is 2.39. The fourth-order valence-electron chi connectivity index (χ4n) is 19.2. The van der Waals surface area contributed by atoms with Gasteiger partial charge in [0.25, 0.3) is 0 Å². The van der Waals surface area contributed by atoms with Crippen molar-refractivity contribution in [1.29, 1.82) is 0 Å². The predicted octanol–water partition coefficient (Wildman–Crippen LogP) is 33.4. The van der Waals surface area contributed by atoms with Gasteiger partial charge in [0.2, 0.25) is 0 Å². The van der Waals surface area contributed by atoms with Gasteiger partial charge in [-0.25, -0.2) is 0 Å². The maximum Gasteiger partial charge on any atom is 0.0541 e. The highest BCUT2D eigenvalue weighted by atomic mass is 15.1. The summed E-state index contributed by atoms with van der Waals surface area (Å²) < 4.78 is 4.77. The summed E-state index contributed by atoms with van der Waals surface area (Å²) >= 11 is 0. The minimum Gasteiger partial charge on any atom is -0.311 e. The molecule has 0 saturated carbocycles. The number of aromatic nitrogens is 2. The number of hydrogen-bond acceptors (Lipinski definition) is 2.